The van der Waals surface area contributed by atoms with Gasteiger partial charge in [-0.25, -0.2) is 15.0 Å². The maximum Gasteiger partial charge on any atom is 0.165 e. The average molecular weight is 420 g/mol. The van der Waals surface area contributed by atoms with Crippen molar-refractivity contribution in [1.29, 1.82) is 0 Å². The molecular weight excluding hydrogens is 398 g/mol. The first-order valence-corrected chi connectivity index (χ1v) is 10.4. The molecule has 4 aromatic rings. The molecule has 5 rings (SSSR count). The fraction of sp³-hybridized carbons (Fsp3) is 0.261. The molecule has 0 bridgehead atoms. The van der Waals surface area contributed by atoms with Crippen molar-refractivity contribution in [2.75, 3.05) is 31.2 Å². The predicted molar refractivity (Wildman–Crippen MR) is 119 cm³/mol. The van der Waals surface area contributed by atoms with Crippen LogP contribution in [-0.4, -0.2) is 45.8 Å². The summed E-state index contributed by atoms with van der Waals surface area (Å²) < 4.78 is 7.62. The number of fused-ring (bicyclic) bond motifs is 1. The van der Waals surface area contributed by atoms with Crippen molar-refractivity contribution in [1.82, 2.24) is 19.5 Å². The number of hydrogen-bond donors (Lipinski definition) is 0. The summed E-state index contributed by atoms with van der Waals surface area (Å²) in [5, 5.41) is 0.747. The van der Waals surface area contributed by atoms with Gasteiger partial charge in [-0.05, 0) is 35.7 Å². The van der Waals surface area contributed by atoms with Gasteiger partial charge in [-0.3, -0.25) is 0 Å². The van der Waals surface area contributed by atoms with E-state index in [-0.39, 0.29) is 0 Å². The fourth-order valence-electron chi connectivity index (χ4n) is 3.86. The molecular formula is C23H22ClN5O. The van der Waals surface area contributed by atoms with Crippen molar-refractivity contribution < 1.29 is 4.74 Å². The molecule has 30 heavy (non-hydrogen) atoms. The van der Waals surface area contributed by atoms with E-state index in [1.165, 1.54) is 11.1 Å². The van der Waals surface area contributed by atoms with Gasteiger partial charge in [-0.15, -0.1) is 0 Å². The Hall–Kier alpha value is -2.96. The second kappa shape index (κ2) is 8.05. The van der Waals surface area contributed by atoms with E-state index in [0.29, 0.717) is 19.8 Å². The Morgan fingerprint density at radius 3 is 2.30 bits per heavy atom. The predicted octanol–water partition coefficient (Wildman–Crippen LogP) is 4.34. The molecule has 0 saturated carbocycles. The third-order valence-electron chi connectivity index (χ3n) is 5.49. The number of rotatable bonds is 4. The minimum absolute atomic E-state index is 0.711. The van der Waals surface area contributed by atoms with Crippen molar-refractivity contribution in [3.05, 3.63) is 71.3 Å². The third kappa shape index (κ3) is 3.64. The van der Waals surface area contributed by atoms with Gasteiger partial charge in [0.25, 0.3) is 0 Å². The van der Waals surface area contributed by atoms with Crippen LogP contribution in [0.3, 0.4) is 0 Å². The first-order chi connectivity index (χ1) is 14.7. The van der Waals surface area contributed by atoms with E-state index in [0.717, 1.165) is 46.5 Å². The summed E-state index contributed by atoms with van der Waals surface area (Å²) in [6.45, 7) is 5.81. The van der Waals surface area contributed by atoms with Crippen LogP contribution < -0.4 is 4.90 Å². The molecule has 1 saturated heterocycles. The number of ether oxygens (including phenoxy) is 1. The summed E-state index contributed by atoms with van der Waals surface area (Å²) in [6.07, 6.45) is 1.63. The summed E-state index contributed by atoms with van der Waals surface area (Å²) in [5.74, 6) is 1.82. The summed E-state index contributed by atoms with van der Waals surface area (Å²) in [5.41, 5.74) is 5.24. The minimum atomic E-state index is 0.711. The standard InChI is InChI=1S/C23H22ClN5O/c1-16-27-21-22(28-10-12-30-13-11-28)25-15-26-23(21)29(16)14-17-2-4-18(5-3-17)19-6-8-20(24)9-7-19/h2-9,15H,10-14H2,1H3. The molecule has 0 radical (unpaired) electrons. The normalized spacial score (nSPS) is 14.4. The van der Waals surface area contributed by atoms with Crippen molar-refractivity contribution in [2.45, 2.75) is 13.5 Å². The molecule has 0 aliphatic carbocycles. The van der Waals surface area contributed by atoms with Gasteiger partial charge < -0.3 is 14.2 Å². The van der Waals surface area contributed by atoms with Crippen molar-refractivity contribution in [2.24, 2.45) is 0 Å². The first-order valence-electron chi connectivity index (χ1n) is 10.0. The van der Waals surface area contributed by atoms with Gasteiger partial charge in [0.2, 0.25) is 0 Å². The first kappa shape index (κ1) is 19.0. The SMILES string of the molecule is Cc1nc2c(N3CCOCC3)ncnc2n1Cc1ccc(-c2ccc(Cl)cc2)cc1. The number of aryl methyl sites for hydroxylation is 1. The van der Waals surface area contributed by atoms with Gasteiger partial charge >= 0.3 is 0 Å². The van der Waals surface area contributed by atoms with E-state index < -0.39 is 0 Å². The molecule has 0 amide bonds. The summed E-state index contributed by atoms with van der Waals surface area (Å²) in [7, 11) is 0. The lowest BCUT2D eigenvalue weighted by molar-refractivity contribution is 0.122. The van der Waals surface area contributed by atoms with Crippen LogP contribution in [-0.2, 0) is 11.3 Å². The smallest absolute Gasteiger partial charge is 0.165 e. The van der Waals surface area contributed by atoms with Crippen molar-refractivity contribution >= 4 is 28.6 Å². The summed E-state index contributed by atoms with van der Waals surface area (Å²) in [6, 6.07) is 16.5. The molecule has 6 nitrogen and oxygen atoms in total. The van der Waals surface area contributed by atoms with E-state index in [1.807, 2.05) is 31.2 Å². The molecule has 1 aliphatic heterocycles. The molecule has 0 N–H and O–H groups in total. The van der Waals surface area contributed by atoms with Crippen LogP contribution >= 0.6 is 11.6 Å². The number of halogens is 1. The molecule has 3 heterocycles. The second-order valence-corrected chi connectivity index (χ2v) is 7.85. The molecule has 1 aliphatic rings. The van der Waals surface area contributed by atoms with Crippen LogP contribution in [0.1, 0.15) is 11.4 Å². The average Bonchev–Trinajstić information content (AvgIpc) is 3.11. The van der Waals surface area contributed by atoms with Crippen LogP contribution in [0.15, 0.2) is 54.9 Å². The maximum absolute atomic E-state index is 6.00. The number of aromatic nitrogens is 4. The molecule has 7 heteroatoms. The van der Waals surface area contributed by atoms with Crippen LogP contribution in [0.2, 0.25) is 5.02 Å². The number of nitrogens with zero attached hydrogens (tertiary/aromatic N) is 5. The second-order valence-electron chi connectivity index (χ2n) is 7.42. The molecule has 0 spiro atoms. The number of hydrogen-bond acceptors (Lipinski definition) is 5. The van der Waals surface area contributed by atoms with Gasteiger partial charge in [-0.1, -0.05) is 48.0 Å². The van der Waals surface area contributed by atoms with E-state index in [2.05, 4.69) is 43.7 Å². The minimum Gasteiger partial charge on any atom is -0.378 e. The molecule has 1 fully saturated rings. The van der Waals surface area contributed by atoms with Crippen molar-refractivity contribution in [3.8, 4) is 11.1 Å². The Kier molecular flexibility index (Phi) is 5.11. The van der Waals surface area contributed by atoms with Gasteiger partial charge in [0.15, 0.2) is 17.0 Å². The molecule has 0 unspecified atom stereocenters. The van der Waals surface area contributed by atoms with Crippen LogP contribution in [0.25, 0.3) is 22.3 Å². The van der Waals surface area contributed by atoms with Gasteiger partial charge in [-0.2, -0.15) is 0 Å². The third-order valence-corrected chi connectivity index (χ3v) is 5.74. The van der Waals surface area contributed by atoms with Crippen LogP contribution in [0.5, 0.6) is 0 Å². The molecule has 152 valence electrons. The highest BCUT2D eigenvalue weighted by Crippen LogP contribution is 2.26. The lowest BCUT2D eigenvalue weighted by Gasteiger charge is -2.27. The van der Waals surface area contributed by atoms with Gasteiger partial charge in [0.05, 0.1) is 19.8 Å². The van der Waals surface area contributed by atoms with Gasteiger partial charge in [0, 0.05) is 18.1 Å². The Bertz CT molecular complexity index is 1160. The Morgan fingerprint density at radius 2 is 1.60 bits per heavy atom. The molecule has 2 aromatic heterocycles. The summed E-state index contributed by atoms with van der Waals surface area (Å²) >= 11 is 6.00. The Labute approximate surface area is 180 Å². The van der Waals surface area contributed by atoms with E-state index in [1.54, 1.807) is 6.33 Å². The summed E-state index contributed by atoms with van der Waals surface area (Å²) in [4.78, 5) is 16.1. The number of morpholine rings is 1. The zero-order valence-electron chi connectivity index (χ0n) is 16.8. The fourth-order valence-corrected chi connectivity index (χ4v) is 3.98. The number of anilines is 1. The Morgan fingerprint density at radius 1 is 0.933 bits per heavy atom. The van der Waals surface area contributed by atoms with Crippen molar-refractivity contribution in [3.63, 3.8) is 0 Å². The largest absolute Gasteiger partial charge is 0.378 e. The molecule has 2 aromatic carbocycles. The topological polar surface area (TPSA) is 56.1 Å². The number of imidazole rings is 1. The zero-order valence-corrected chi connectivity index (χ0v) is 17.5. The maximum atomic E-state index is 6.00. The highest BCUT2D eigenvalue weighted by Gasteiger charge is 2.20. The van der Waals surface area contributed by atoms with Crippen LogP contribution in [0.4, 0.5) is 5.82 Å². The van der Waals surface area contributed by atoms with E-state index >= 15 is 0 Å². The lowest BCUT2D eigenvalue weighted by Crippen LogP contribution is -2.36. The highest BCUT2D eigenvalue weighted by molar-refractivity contribution is 6.30. The van der Waals surface area contributed by atoms with Gasteiger partial charge in [0.1, 0.15) is 12.2 Å². The molecule has 0 atom stereocenters. The monoisotopic (exact) mass is 419 g/mol. The lowest BCUT2D eigenvalue weighted by atomic mass is 10.0. The zero-order chi connectivity index (χ0) is 20.5. The Balaban J connectivity index is 1.44. The quantitative estimate of drug-likeness (QED) is 0.492. The van der Waals surface area contributed by atoms with E-state index in [4.69, 9.17) is 21.3 Å². The van der Waals surface area contributed by atoms with E-state index in [9.17, 15) is 0 Å². The van der Waals surface area contributed by atoms with Crippen LogP contribution in [0, 0.1) is 6.92 Å². The highest BCUT2D eigenvalue weighted by atomic mass is 35.5. The number of benzene rings is 2.